The minimum atomic E-state index is -0.235. The summed E-state index contributed by atoms with van der Waals surface area (Å²) in [4.78, 5) is 2.48. The largest absolute Gasteiger partial charge is 0.494 e. The average molecular weight is 354 g/mol. The van der Waals surface area contributed by atoms with Gasteiger partial charge in [0.15, 0.2) is 5.65 Å². The Labute approximate surface area is 152 Å². The first-order valence-corrected chi connectivity index (χ1v) is 9.20. The van der Waals surface area contributed by atoms with E-state index in [0.29, 0.717) is 12.5 Å². The van der Waals surface area contributed by atoms with E-state index in [-0.39, 0.29) is 5.82 Å². The Bertz CT molecular complexity index is 840. The molecule has 1 fully saturated rings. The number of hydrogen-bond donors (Lipinski definition) is 0. The van der Waals surface area contributed by atoms with Crippen molar-refractivity contribution < 1.29 is 9.13 Å². The third kappa shape index (κ3) is 3.85. The van der Waals surface area contributed by atoms with E-state index in [1.807, 2.05) is 24.4 Å². The van der Waals surface area contributed by atoms with Crippen molar-refractivity contribution in [2.75, 3.05) is 26.2 Å². The van der Waals surface area contributed by atoms with Crippen LogP contribution in [0.3, 0.4) is 0 Å². The molecule has 1 saturated heterocycles. The lowest BCUT2D eigenvalue weighted by atomic mass is 9.96. The van der Waals surface area contributed by atoms with Crippen molar-refractivity contribution in [1.82, 2.24) is 19.5 Å². The number of benzene rings is 1. The van der Waals surface area contributed by atoms with Crippen molar-refractivity contribution >= 4 is 5.65 Å². The summed E-state index contributed by atoms with van der Waals surface area (Å²) in [5.41, 5.74) is 0.919. The highest BCUT2D eigenvalue weighted by atomic mass is 19.1. The number of pyridine rings is 1. The standard InChI is InChI=1S/C20H23FN4O/c21-17-5-7-18(8-6-17)26-15-3-11-24-13-9-16(10-14-24)20-23-22-19-4-1-2-12-25(19)20/h1-2,4-8,12,16H,3,9-11,13-15H2. The molecule has 3 aromatic rings. The monoisotopic (exact) mass is 354 g/mol. The number of ether oxygens (including phenoxy) is 1. The zero-order chi connectivity index (χ0) is 17.8. The highest BCUT2D eigenvalue weighted by molar-refractivity contribution is 5.37. The number of aromatic nitrogens is 3. The van der Waals surface area contributed by atoms with Gasteiger partial charge in [-0.1, -0.05) is 6.07 Å². The van der Waals surface area contributed by atoms with Gasteiger partial charge in [0.25, 0.3) is 0 Å². The number of nitrogens with zero attached hydrogens (tertiary/aromatic N) is 4. The second-order valence-electron chi connectivity index (χ2n) is 6.76. The smallest absolute Gasteiger partial charge is 0.160 e. The van der Waals surface area contributed by atoms with Gasteiger partial charge < -0.3 is 9.64 Å². The van der Waals surface area contributed by atoms with Crippen molar-refractivity contribution in [2.45, 2.75) is 25.2 Å². The molecule has 0 saturated carbocycles. The molecule has 1 aliphatic heterocycles. The molecule has 136 valence electrons. The fourth-order valence-corrected chi connectivity index (χ4v) is 3.56. The third-order valence-corrected chi connectivity index (χ3v) is 4.99. The van der Waals surface area contributed by atoms with Gasteiger partial charge in [0, 0.05) is 18.7 Å². The summed E-state index contributed by atoms with van der Waals surface area (Å²) in [6.07, 6.45) is 5.22. The van der Waals surface area contributed by atoms with E-state index in [9.17, 15) is 4.39 Å². The fraction of sp³-hybridized carbons (Fsp3) is 0.400. The van der Waals surface area contributed by atoms with E-state index in [1.54, 1.807) is 12.1 Å². The van der Waals surface area contributed by atoms with Gasteiger partial charge in [0.1, 0.15) is 17.4 Å². The number of rotatable bonds is 6. The first-order chi connectivity index (χ1) is 12.8. The summed E-state index contributed by atoms with van der Waals surface area (Å²) in [7, 11) is 0. The minimum Gasteiger partial charge on any atom is -0.494 e. The van der Waals surface area contributed by atoms with E-state index >= 15 is 0 Å². The molecule has 0 spiro atoms. The van der Waals surface area contributed by atoms with E-state index in [2.05, 4.69) is 19.5 Å². The van der Waals surface area contributed by atoms with Crippen molar-refractivity contribution in [2.24, 2.45) is 0 Å². The van der Waals surface area contributed by atoms with Crippen LogP contribution in [0.1, 0.15) is 31.0 Å². The van der Waals surface area contributed by atoms with Gasteiger partial charge in [-0.3, -0.25) is 4.40 Å². The molecule has 0 amide bonds. The Morgan fingerprint density at radius 3 is 2.65 bits per heavy atom. The van der Waals surface area contributed by atoms with Crippen molar-refractivity contribution in [1.29, 1.82) is 0 Å². The Morgan fingerprint density at radius 1 is 1.04 bits per heavy atom. The van der Waals surface area contributed by atoms with E-state index in [4.69, 9.17) is 4.74 Å². The first kappa shape index (κ1) is 17.0. The summed E-state index contributed by atoms with van der Waals surface area (Å²) >= 11 is 0. The molecule has 1 aromatic carbocycles. The van der Waals surface area contributed by atoms with Gasteiger partial charge in [0.05, 0.1) is 6.61 Å². The van der Waals surface area contributed by atoms with Gasteiger partial charge in [0.2, 0.25) is 0 Å². The van der Waals surface area contributed by atoms with Gasteiger partial charge in [-0.05, 0) is 68.8 Å². The predicted octanol–water partition coefficient (Wildman–Crippen LogP) is 3.52. The molecular weight excluding hydrogens is 331 g/mol. The second kappa shape index (κ2) is 7.83. The Hall–Kier alpha value is -2.47. The summed E-state index contributed by atoms with van der Waals surface area (Å²) < 4.78 is 20.6. The minimum absolute atomic E-state index is 0.235. The van der Waals surface area contributed by atoms with Crippen LogP contribution in [0.25, 0.3) is 5.65 Å². The van der Waals surface area contributed by atoms with Crippen LogP contribution in [0.2, 0.25) is 0 Å². The zero-order valence-corrected chi connectivity index (χ0v) is 14.7. The average Bonchev–Trinajstić information content (AvgIpc) is 3.11. The molecule has 0 radical (unpaired) electrons. The number of piperidine rings is 1. The molecular formula is C20H23FN4O. The fourth-order valence-electron chi connectivity index (χ4n) is 3.56. The van der Waals surface area contributed by atoms with Gasteiger partial charge in [-0.25, -0.2) is 4.39 Å². The van der Waals surface area contributed by atoms with Gasteiger partial charge in [-0.15, -0.1) is 10.2 Å². The van der Waals surface area contributed by atoms with Gasteiger partial charge >= 0.3 is 0 Å². The zero-order valence-electron chi connectivity index (χ0n) is 14.7. The van der Waals surface area contributed by atoms with E-state index in [1.165, 1.54) is 12.1 Å². The van der Waals surface area contributed by atoms with Crippen molar-refractivity contribution in [3.8, 4) is 5.75 Å². The van der Waals surface area contributed by atoms with Crippen LogP contribution in [0, 0.1) is 5.82 Å². The molecule has 0 bridgehead atoms. The Balaban J connectivity index is 1.22. The molecule has 0 unspecified atom stereocenters. The Kier molecular flexibility index (Phi) is 5.11. The number of halogens is 1. The van der Waals surface area contributed by atoms with Crippen LogP contribution in [-0.2, 0) is 0 Å². The third-order valence-electron chi connectivity index (χ3n) is 4.99. The second-order valence-corrected chi connectivity index (χ2v) is 6.76. The van der Waals surface area contributed by atoms with Gasteiger partial charge in [-0.2, -0.15) is 0 Å². The summed E-state index contributed by atoms with van der Waals surface area (Å²) in [6, 6.07) is 12.2. The number of fused-ring (bicyclic) bond motifs is 1. The lowest BCUT2D eigenvalue weighted by Gasteiger charge is -2.31. The number of hydrogen-bond acceptors (Lipinski definition) is 4. The van der Waals surface area contributed by atoms with Crippen molar-refractivity contribution in [3.63, 3.8) is 0 Å². The molecule has 26 heavy (non-hydrogen) atoms. The molecule has 1 aliphatic rings. The molecule has 0 aliphatic carbocycles. The SMILES string of the molecule is Fc1ccc(OCCCN2CCC(c3nnc4ccccn34)CC2)cc1. The lowest BCUT2D eigenvalue weighted by molar-refractivity contribution is 0.190. The van der Waals surface area contributed by atoms with Crippen LogP contribution in [0.15, 0.2) is 48.7 Å². The maximum absolute atomic E-state index is 12.9. The Morgan fingerprint density at radius 2 is 1.85 bits per heavy atom. The van der Waals surface area contributed by atoms with Crippen LogP contribution < -0.4 is 4.74 Å². The predicted molar refractivity (Wildman–Crippen MR) is 97.9 cm³/mol. The van der Waals surface area contributed by atoms with Crippen LogP contribution >= 0.6 is 0 Å². The highest BCUT2D eigenvalue weighted by Gasteiger charge is 2.24. The topological polar surface area (TPSA) is 42.7 Å². The maximum Gasteiger partial charge on any atom is 0.160 e. The number of likely N-dealkylation sites (tertiary alicyclic amines) is 1. The summed E-state index contributed by atoms with van der Waals surface area (Å²) in [5, 5.41) is 8.67. The molecule has 3 heterocycles. The molecule has 0 atom stereocenters. The molecule has 6 heteroatoms. The quantitative estimate of drug-likeness (QED) is 0.635. The summed E-state index contributed by atoms with van der Waals surface area (Å²) in [6.45, 7) is 3.82. The lowest BCUT2D eigenvalue weighted by Crippen LogP contribution is -2.34. The van der Waals surface area contributed by atoms with Crippen LogP contribution in [-0.4, -0.2) is 45.7 Å². The van der Waals surface area contributed by atoms with Crippen LogP contribution in [0.4, 0.5) is 4.39 Å². The highest BCUT2D eigenvalue weighted by Crippen LogP contribution is 2.27. The van der Waals surface area contributed by atoms with E-state index < -0.39 is 0 Å². The normalized spacial score (nSPS) is 16.2. The van der Waals surface area contributed by atoms with E-state index in [0.717, 1.165) is 56.1 Å². The summed E-state index contributed by atoms with van der Waals surface area (Å²) in [5.74, 6) is 2.04. The maximum atomic E-state index is 12.9. The molecule has 4 rings (SSSR count). The van der Waals surface area contributed by atoms with Crippen molar-refractivity contribution in [3.05, 3.63) is 60.3 Å². The van der Waals surface area contributed by atoms with Crippen LogP contribution in [0.5, 0.6) is 5.75 Å². The molecule has 2 aromatic heterocycles. The first-order valence-electron chi connectivity index (χ1n) is 9.20. The molecule has 0 N–H and O–H groups in total. The molecule has 5 nitrogen and oxygen atoms in total.